The number of unbranched alkanes of at least 4 members (excludes halogenated alkanes) is 2. The molecule has 1 N–H and O–H groups in total. The molecule has 0 saturated heterocycles. The molecule has 0 amide bonds. The number of hydrogen-bond acceptors (Lipinski definition) is 2. The smallest absolute Gasteiger partial charge is 0.124 e. The van der Waals surface area contributed by atoms with Crippen molar-refractivity contribution >= 4 is 0 Å². The zero-order valence-electron chi connectivity index (χ0n) is 11.8. The number of nitrogens with one attached hydrogen (secondary N) is 1. The molecule has 0 saturated carbocycles. The van der Waals surface area contributed by atoms with Crippen LogP contribution >= 0.6 is 0 Å². The number of benzene rings is 1. The second kappa shape index (κ2) is 6.24. The molecule has 1 heterocycles. The largest absolute Gasteiger partial charge is 0.490 e. The first-order valence-corrected chi connectivity index (χ1v) is 7.19. The molecule has 2 rings (SSSR count). The lowest BCUT2D eigenvalue weighted by atomic mass is 9.93. The van der Waals surface area contributed by atoms with Gasteiger partial charge in [0.05, 0.1) is 0 Å². The van der Waals surface area contributed by atoms with Crippen LogP contribution in [0.4, 0.5) is 0 Å². The number of rotatable bonds is 5. The van der Waals surface area contributed by atoms with E-state index < -0.39 is 0 Å². The summed E-state index contributed by atoms with van der Waals surface area (Å²) in [4.78, 5) is 0. The van der Waals surface area contributed by atoms with Gasteiger partial charge in [-0.05, 0) is 32.9 Å². The van der Waals surface area contributed by atoms with Crippen LogP contribution in [0.2, 0.25) is 0 Å². The summed E-state index contributed by atoms with van der Waals surface area (Å²) < 4.78 is 6.13. The molecule has 2 unspecified atom stereocenters. The van der Waals surface area contributed by atoms with Crippen LogP contribution in [-0.4, -0.2) is 13.2 Å². The third kappa shape index (κ3) is 3.05. The fraction of sp³-hybridized carbons (Fsp3) is 0.625. The van der Waals surface area contributed by atoms with E-state index in [0.29, 0.717) is 12.1 Å². The molecule has 2 atom stereocenters. The van der Waals surface area contributed by atoms with E-state index in [2.05, 4.69) is 37.4 Å². The van der Waals surface area contributed by atoms with Crippen LogP contribution in [0.3, 0.4) is 0 Å². The van der Waals surface area contributed by atoms with Crippen molar-refractivity contribution < 1.29 is 4.74 Å². The second-order valence-electron chi connectivity index (χ2n) is 5.35. The molecule has 100 valence electrons. The van der Waals surface area contributed by atoms with E-state index in [-0.39, 0.29) is 0 Å². The predicted molar refractivity (Wildman–Crippen MR) is 76.2 cm³/mol. The Balaban J connectivity index is 2.08. The van der Waals surface area contributed by atoms with Crippen molar-refractivity contribution in [1.82, 2.24) is 5.32 Å². The molecule has 1 aromatic carbocycles. The van der Waals surface area contributed by atoms with Gasteiger partial charge < -0.3 is 10.1 Å². The van der Waals surface area contributed by atoms with Gasteiger partial charge >= 0.3 is 0 Å². The van der Waals surface area contributed by atoms with E-state index in [9.17, 15) is 0 Å². The summed E-state index contributed by atoms with van der Waals surface area (Å²) in [7, 11) is 2.05. The molecular formula is C16H25NO. The summed E-state index contributed by atoms with van der Waals surface area (Å²) in [5, 5.41) is 3.43. The molecule has 0 fully saturated rings. The number of fused-ring (bicyclic) bond motifs is 1. The highest BCUT2D eigenvalue weighted by Crippen LogP contribution is 2.36. The molecule has 2 nitrogen and oxygen atoms in total. The highest BCUT2D eigenvalue weighted by atomic mass is 16.5. The van der Waals surface area contributed by atoms with Gasteiger partial charge in [-0.1, -0.05) is 37.5 Å². The Kier molecular flexibility index (Phi) is 4.65. The van der Waals surface area contributed by atoms with E-state index in [1.807, 2.05) is 7.05 Å². The van der Waals surface area contributed by atoms with Gasteiger partial charge in [0.2, 0.25) is 0 Å². The topological polar surface area (TPSA) is 21.3 Å². The number of hydrogen-bond donors (Lipinski definition) is 1. The Bertz CT molecular complexity index is 389. The molecule has 0 radical (unpaired) electrons. The van der Waals surface area contributed by atoms with Gasteiger partial charge in [-0.15, -0.1) is 0 Å². The first kappa shape index (κ1) is 13.4. The van der Waals surface area contributed by atoms with E-state index >= 15 is 0 Å². The van der Waals surface area contributed by atoms with E-state index in [1.54, 1.807) is 0 Å². The first-order chi connectivity index (χ1) is 8.74. The summed E-state index contributed by atoms with van der Waals surface area (Å²) in [6.07, 6.45) is 6.52. The van der Waals surface area contributed by atoms with Crippen molar-refractivity contribution in [2.45, 2.75) is 58.1 Å². The SMILES string of the molecule is CCCCCC1CC(NC)c2cc(C)ccc2O1. The highest BCUT2D eigenvalue weighted by Gasteiger charge is 2.26. The molecule has 0 bridgehead atoms. The van der Waals surface area contributed by atoms with Crippen molar-refractivity contribution in [3.63, 3.8) is 0 Å². The molecule has 1 aliphatic heterocycles. The maximum Gasteiger partial charge on any atom is 0.124 e. The number of aryl methyl sites for hydroxylation is 1. The van der Waals surface area contributed by atoms with Crippen LogP contribution in [-0.2, 0) is 0 Å². The first-order valence-electron chi connectivity index (χ1n) is 7.19. The Morgan fingerprint density at radius 3 is 2.89 bits per heavy atom. The Morgan fingerprint density at radius 2 is 2.17 bits per heavy atom. The zero-order chi connectivity index (χ0) is 13.0. The molecular weight excluding hydrogens is 222 g/mol. The number of ether oxygens (including phenoxy) is 1. The van der Waals surface area contributed by atoms with Crippen LogP contribution in [0, 0.1) is 6.92 Å². The molecule has 0 spiro atoms. The normalized spacial score (nSPS) is 22.4. The zero-order valence-corrected chi connectivity index (χ0v) is 11.8. The standard InChI is InChI=1S/C16H25NO/c1-4-5-6-7-13-11-15(17-3)14-10-12(2)8-9-16(14)18-13/h8-10,13,15,17H,4-7,11H2,1-3H3. The molecule has 0 aromatic heterocycles. The van der Waals surface area contributed by atoms with Crippen LogP contribution in [0.15, 0.2) is 18.2 Å². The average Bonchev–Trinajstić information content (AvgIpc) is 2.38. The fourth-order valence-corrected chi connectivity index (χ4v) is 2.74. The maximum absolute atomic E-state index is 6.13. The van der Waals surface area contributed by atoms with Crippen molar-refractivity contribution in [3.8, 4) is 5.75 Å². The minimum Gasteiger partial charge on any atom is -0.490 e. The quantitative estimate of drug-likeness (QED) is 0.794. The molecule has 18 heavy (non-hydrogen) atoms. The van der Waals surface area contributed by atoms with Crippen molar-refractivity contribution in [2.24, 2.45) is 0 Å². The highest BCUT2D eigenvalue weighted by molar-refractivity contribution is 5.40. The molecule has 0 aliphatic carbocycles. The lowest BCUT2D eigenvalue weighted by Crippen LogP contribution is -2.31. The fourth-order valence-electron chi connectivity index (χ4n) is 2.74. The van der Waals surface area contributed by atoms with Gasteiger partial charge in [0.25, 0.3) is 0 Å². The average molecular weight is 247 g/mol. The molecule has 2 heteroatoms. The van der Waals surface area contributed by atoms with Crippen molar-refractivity contribution in [3.05, 3.63) is 29.3 Å². The van der Waals surface area contributed by atoms with Crippen molar-refractivity contribution in [1.29, 1.82) is 0 Å². The van der Waals surface area contributed by atoms with Crippen LogP contribution in [0.5, 0.6) is 5.75 Å². The van der Waals surface area contributed by atoms with Crippen LogP contribution in [0.25, 0.3) is 0 Å². The van der Waals surface area contributed by atoms with Crippen molar-refractivity contribution in [2.75, 3.05) is 7.05 Å². The third-order valence-corrected chi connectivity index (χ3v) is 3.81. The van der Waals surface area contributed by atoms with Gasteiger partial charge in [-0.25, -0.2) is 0 Å². The summed E-state index contributed by atoms with van der Waals surface area (Å²) in [5.41, 5.74) is 2.63. The second-order valence-corrected chi connectivity index (χ2v) is 5.35. The van der Waals surface area contributed by atoms with E-state index in [0.717, 1.165) is 12.2 Å². The van der Waals surface area contributed by atoms with Gasteiger partial charge in [0, 0.05) is 18.0 Å². The Hall–Kier alpha value is -1.02. The summed E-state index contributed by atoms with van der Waals surface area (Å²) >= 11 is 0. The Morgan fingerprint density at radius 1 is 1.33 bits per heavy atom. The van der Waals surface area contributed by atoms with Gasteiger partial charge in [0.15, 0.2) is 0 Å². The van der Waals surface area contributed by atoms with Gasteiger partial charge in [-0.3, -0.25) is 0 Å². The Labute approximate surface area is 111 Å². The maximum atomic E-state index is 6.13. The minimum atomic E-state index is 0.379. The van der Waals surface area contributed by atoms with E-state index in [4.69, 9.17) is 4.74 Å². The summed E-state index contributed by atoms with van der Waals surface area (Å²) in [6.45, 7) is 4.39. The summed E-state index contributed by atoms with van der Waals surface area (Å²) in [6, 6.07) is 6.96. The van der Waals surface area contributed by atoms with Crippen LogP contribution < -0.4 is 10.1 Å². The monoisotopic (exact) mass is 247 g/mol. The lowest BCUT2D eigenvalue weighted by Gasteiger charge is -2.32. The molecule has 1 aliphatic rings. The minimum absolute atomic E-state index is 0.379. The van der Waals surface area contributed by atoms with Gasteiger partial charge in [0.1, 0.15) is 11.9 Å². The van der Waals surface area contributed by atoms with E-state index in [1.165, 1.54) is 36.8 Å². The third-order valence-electron chi connectivity index (χ3n) is 3.81. The predicted octanol–water partition coefficient (Wildman–Crippen LogP) is 3.99. The van der Waals surface area contributed by atoms with Gasteiger partial charge in [-0.2, -0.15) is 0 Å². The molecule has 1 aromatic rings. The summed E-state index contributed by atoms with van der Waals surface area (Å²) in [5.74, 6) is 1.08. The van der Waals surface area contributed by atoms with Crippen LogP contribution in [0.1, 0.15) is 56.2 Å². The lowest BCUT2D eigenvalue weighted by molar-refractivity contribution is 0.140.